The van der Waals surface area contributed by atoms with Gasteiger partial charge in [0.1, 0.15) is 29.6 Å². The number of Topliss-reactive ketones (excluding diaryl/α,β-unsaturated/α-hetero) is 1. The van der Waals surface area contributed by atoms with Gasteiger partial charge in [-0.3, -0.25) is 4.79 Å². The molecule has 9 rings (SSSR count). The number of aliphatic hydroxyl groups is 6. The summed E-state index contributed by atoms with van der Waals surface area (Å²) in [4.78, 5) is 42.5. The minimum atomic E-state index is -1.77. The van der Waals surface area contributed by atoms with Gasteiger partial charge < -0.3 is 88.1 Å². The van der Waals surface area contributed by atoms with Crippen LogP contribution in [0.2, 0.25) is 0 Å². The number of alkyl carbamates (subject to hydrolysis) is 1. The zero-order valence-corrected chi connectivity index (χ0v) is 49.8. The highest BCUT2D eigenvalue weighted by molar-refractivity contribution is 6.26. The van der Waals surface area contributed by atoms with Crippen LogP contribution in [0.3, 0.4) is 0 Å². The van der Waals surface area contributed by atoms with Gasteiger partial charge >= 0.3 is 12.1 Å². The zero-order valence-electron chi connectivity index (χ0n) is 49.8. The third-order valence-corrected chi connectivity index (χ3v) is 19.9. The van der Waals surface area contributed by atoms with E-state index in [0.29, 0.717) is 30.4 Å². The number of carbonyl (C=O) groups excluding carboxylic acids is 3. The second-order valence-corrected chi connectivity index (χ2v) is 25.8. The lowest BCUT2D eigenvalue weighted by Gasteiger charge is -2.56. The van der Waals surface area contributed by atoms with Crippen LogP contribution in [-0.4, -0.2) is 179 Å². The summed E-state index contributed by atoms with van der Waals surface area (Å²) in [5, 5.41) is 71.7. The van der Waals surface area contributed by atoms with E-state index in [1.54, 1.807) is 33.8 Å². The van der Waals surface area contributed by atoms with Gasteiger partial charge in [-0.25, -0.2) is 9.59 Å². The molecule has 6 fully saturated rings. The van der Waals surface area contributed by atoms with Gasteiger partial charge in [0.2, 0.25) is 5.78 Å². The SMILES string of the molecule is COC(=O)N[C@H]1[C@@H](C)O[C@@H](O[C@H]2C/C=C(\C)[C@@H]3C=C[C@@H]4[C@@H](O[C@H]5C[C@@H](O[C@@H]6C[C@@H](C)[C@H](O[C@H]7C[C@@H](O)[C@@H](OC)[C@H](C)O7)[C@H](O)O6)[C@@H](O)[C@H](C)O5)[C@@H](C)C[C@H](C)[C@H]4[C@]3(C)C(O)=C3C(=O)O[C@]4(C[C@@H](C)C(CO)=C[C@H]4C=C2C)C3=O)C[C@]1(C)O. The largest absolute Gasteiger partial charge is 0.511 e. The lowest BCUT2D eigenvalue weighted by atomic mass is 9.49. The van der Waals surface area contributed by atoms with Crippen molar-refractivity contribution in [1.82, 2.24) is 5.32 Å². The summed E-state index contributed by atoms with van der Waals surface area (Å²) in [7, 11) is 2.75. The summed E-state index contributed by atoms with van der Waals surface area (Å²) in [5.74, 6) is -4.97. The van der Waals surface area contributed by atoms with Crippen molar-refractivity contribution < 1.29 is 97.1 Å². The molecule has 7 N–H and O–H groups in total. The molecular formula is C61H91NO20. The molecule has 9 aliphatic rings. The first-order valence-corrected chi connectivity index (χ1v) is 29.6. The first-order valence-electron chi connectivity index (χ1n) is 29.6. The molecule has 0 aromatic heterocycles. The number of ether oxygens (including phenoxy) is 11. The fraction of sp³-hybridized carbons (Fsp3) is 0.787. The summed E-state index contributed by atoms with van der Waals surface area (Å²) in [6.45, 7) is 20.3. The van der Waals surface area contributed by atoms with Gasteiger partial charge in [-0.05, 0) is 95.1 Å². The Labute approximate surface area is 481 Å². The topological polar surface area (TPSA) is 286 Å². The van der Waals surface area contributed by atoms with Crippen molar-refractivity contribution in [2.75, 3.05) is 20.8 Å². The van der Waals surface area contributed by atoms with E-state index in [1.165, 1.54) is 14.2 Å². The lowest BCUT2D eigenvalue weighted by molar-refractivity contribution is -0.358. The Bertz CT molecular complexity index is 2490. The normalized spacial score (nSPS) is 48.8. The number of hydrogen-bond acceptors (Lipinski definition) is 20. The molecule has 0 aromatic carbocycles. The first-order chi connectivity index (χ1) is 38.6. The van der Waals surface area contributed by atoms with E-state index in [9.17, 15) is 40.2 Å². The number of allylic oxidation sites excluding steroid dienone is 3. The third kappa shape index (κ3) is 11.8. The van der Waals surface area contributed by atoms with Crippen molar-refractivity contribution in [2.24, 2.45) is 52.8 Å². The van der Waals surface area contributed by atoms with E-state index in [0.717, 1.165) is 5.57 Å². The van der Waals surface area contributed by atoms with Crippen molar-refractivity contribution in [3.8, 4) is 0 Å². The predicted molar refractivity (Wildman–Crippen MR) is 292 cm³/mol. The molecule has 1 amide bonds. The Morgan fingerprint density at radius 2 is 1.40 bits per heavy atom. The molecule has 2 bridgehead atoms. The predicted octanol–water partition coefficient (Wildman–Crippen LogP) is 5.49. The minimum Gasteiger partial charge on any atom is -0.511 e. The molecule has 5 saturated heterocycles. The maximum Gasteiger partial charge on any atom is 0.407 e. The lowest BCUT2D eigenvalue weighted by Crippen LogP contribution is -2.62. The average Bonchev–Trinajstić information content (AvgIpc) is 3.56. The van der Waals surface area contributed by atoms with Crippen LogP contribution in [0.25, 0.3) is 0 Å². The van der Waals surface area contributed by atoms with E-state index < -0.39 is 162 Å². The van der Waals surface area contributed by atoms with Crippen molar-refractivity contribution in [3.05, 3.63) is 58.4 Å². The van der Waals surface area contributed by atoms with Crippen molar-refractivity contribution >= 4 is 17.8 Å². The fourth-order valence-corrected chi connectivity index (χ4v) is 15.6. The Kier molecular flexibility index (Phi) is 18.9. The van der Waals surface area contributed by atoms with E-state index in [2.05, 4.69) is 25.2 Å². The molecular weight excluding hydrogens is 1070 g/mol. The number of hydrogen-bond donors (Lipinski definition) is 7. The van der Waals surface area contributed by atoms with Gasteiger partial charge in [0.25, 0.3) is 0 Å². The number of amides is 1. The Morgan fingerprint density at radius 3 is 2.06 bits per heavy atom. The van der Waals surface area contributed by atoms with Gasteiger partial charge in [-0.2, -0.15) is 0 Å². The fourth-order valence-electron chi connectivity index (χ4n) is 15.6. The molecule has 460 valence electrons. The van der Waals surface area contributed by atoms with E-state index in [-0.39, 0.29) is 61.7 Å². The average molecular weight is 1160 g/mol. The van der Waals surface area contributed by atoms with Crippen LogP contribution in [0.5, 0.6) is 0 Å². The molecule has 5 aliphatic heterocycles. The number of rotatable bonds is 11. The summed E-state index contributed by atoms with van der Waals surface area (Å²) in [6, 6.07) is -0.817. The molecule has 1 saturated carbocycles. The molecule has 21 nitrogen and oxygen atoms in total. The number of methoxy groups -OCH3 is 2. The molecule has 21 heteroatoms. The monoisotopic (exact) mass is 1160 g/mol. The Morgan fingerprint density at radius 1 is 0.744 bits per heavy atom. The highest BCUT2D eigenvalue weighted by Gasteiger charge is 2.64. The van der Waals surface area contributed by atoms with Crippen LogP contribution in [-0.2, 0) is 61.7 Å². The second-order valence-electron chi connectivity index (χ2n) is 25.8. The second kappa shape index (κ2) is 24.6. The maximum atomic E-state index is 15.5. The van der Waals surface area contributed by atoms with Gasteiger partial charge in [0.05, 0.1) is 68.1 Å². The van der Waals surface area contributed by atoms with E-state index >= 15 is 4.79 Å². The Balaban J connectivity index is 1.00. The van der Waals surface area contributed by atoms with E-state index in [4.69, 9.17) is 52.1 Å². The molecule has 1 spiro atoms. The van der Waals surface area contributed by atoms with Crippen molar-refractivity contribution in [3.63, 3.8) is 0 Å². The number of fused-ring (bicyclic) bond motifs is 4. The number of ketones is 1. The third-order valence-electron chi connectivity index (χ3n) is 19.9. The number of esters is 1. The first kappa shape index (κ1) is 62.9. The highest BCUT2D eigenvalue weighted by Crippen LogP contribution is 2.61. The van der Waals surface area contributed by atoms with Crippen LogP contribution in [0.4, 0.5) is 4.79 Å². The van der Waals surface area contributed by atoms with Crippen LogP contribution < -0.4 is 5.32 Å². The number of carbonyl (C=O) groups is 3. The standard InChI is InChI=1S/C61H91NO20/c1-27-14-17-41(77-46-25-59(10,71)53(35(9)76-46)62-58(70)73-13)28(2)19-37-21-36(26-63)32(6)24-61(37)55(67)47(56(68)82-61)54(66)60(11)39(27)16-15-38-48(60)29(3)18-30(4)50(38)79-45-23-42(49(65)33(7)74-45)78-43-20-31(5)51(57(69)81-43)80-44-22-40(64)52(72-12)34(8)75-44/h14-16,19,21,29-35,37-46,48-53,57,63-66,69,71H,17-18,20,22-26H2,1-13H3,(H,62,70)/b27-14+,28-19?,54-47?/t29-,30-,31+,32+,33-,34-,35+,37+,38-,39-,40+,41-,42+,43-,44-,45-,46-,48+,49-,50-,51-,52-,53-,57+,59-,60+,61-/m0/s1. The summed E-state index contributed by atoms with van der Waals surface area (Å²) in [6.07, 6.45) is -1.46. The molecule has 0 unspecified atom stereocenters. The van der Waals surface area contributed by atoms with Gasteiger partial charge in [-0.15, -0.1) is 0 Å². The molecule has 4 aliphatic carbocycles. The van der Waals surface area contributed by atoms with Crippen LogP contribution in [0, 0.1) is 52.8 Å². The highest BCUT2D eigenvalue weighted by atomic mass is 16.8. The molecule has 82 heavy (non-hydrogen) atoms. The van der Waals surface area contributed by atoms with E-state index in [1.807, 2.05) is 52.8 Å². The van der Waals surface area contributed by atoms with Crippen LogP contribution in [0.15, 0.2) is 58.4 Å². The van der Waals surface area contributed by atoms with Crippen molar-refractivity contribution in [2.45, 2.75) is 231 Å². The van der Waals surface area contributed by atoms with Crippen LogP contribution >= 0.6 is 0 Å². The summed E-state index contributed by atoms with van der Waals surface area (Å²) in [5.41, 5.74) is -2.78. The number of nitrogens with one attached hydrogen (secondary N) is 1. The molecule has 5 heterocycles. The van der Waals surface area contributed by atoms with Crippen molar-refractivity contribution in [1.29, 1.82) is 0 Å². The summed E-state index contributed by atoms with van der Waals surface area (Å²) < 4.78 is 67.8. The molecule has 0 aromatic rings. The van der Waals surface area contributed by atoms with Gasteiger partial charge in [0, 0.05) is 62.4 Å². The van der Waals surface area contributed by atoms with Gasteiger partial charge in [0.15, 0.2) is 37.1 Å². The Hall–Kier alpha value is -3.65. The minimum absolute atomic E-state index is 0.0183. The quantitative estimate of drug-likeness (QED) is 0.0764. The molecule has 27 atom stereocenters. The van der Waals surface area contributed by atoms with Gasteiger partial charge in [-0.1, -0.05) is 70.6 Å². The summed E-state index contributed by atoms with van der Waals surface area (Å²) >= 11 is 0. The number of aliphatic hydroxyl groups excluding tert-OH is 5. The molecule has 0 radical (unpaired) electrons. The smallest absolute Gasteiger partial charge is 0.407 e. The maximum absolute atomic E-state index is 15.5. The zero-order chi connectivity index (χ0) is 59.7. The van der Waals surface area contributed by atoms with Crippen LogP contribution in [0.1, 0.15) is 121 Å².